The molecule has 1 aliphatic rings. The lowest BCUT2D eigenvalue weighted by molar-refractivity contribution is 0.254. The SMILES string of the molecule is Cl.Oc1cc2c(cc1O)C(COc1cnsn1)NCC2. The zero-order chi connectivity index (χ0) is 13.2. The fraction of sp³-hybridized carbons (Fsp3) is 0.333. The number of halogens is 1. The molecule has 0 saturated carbocycles. The molecule has 0 bridgehead atoms. The van der Waals surface area contributed by atoms with Crippen LogP contribution in [-0.4, -0.2) is 32.1 Å². The Hall–Kier alpha value is -1.57. The van der Waals surface area contributed by atoms with Gasteiger partial charge in [-0.3, -0.25) is 0 Å². The molecule has 1 atom stereocenters. The number of benzene rings is 1. The number of phenols is 2. The smallest absolute Gasteiger partial charge is 0.245 e. The largest absolute Gasteiger partial charge is 0.504 e. The van der Waals surface area contributed by atoms with Crippen LogP contribution in [0.15, 0.2) is 18.3 Å². The zero-order valence-electron chi connectivity index (χ0n) is 10.4. The summed E-state index contributed by atoms with van der Waals surface area (Å²) < 4.78 is 13.4. The van der Waals surface area contributed by atoms with Crippen molar-refractivity contribution < 1.29 is 14.9 Å². The summed E-state index contributed by atoms with van der Waals surface area (Å²) in [7, 11) is 0. The van der Waals surface area contributed by atoms with Gasteiger partial charge in [-0.05, 0) is 36.2 Å². The van der Waals surface area contributed by atoms with E-state index in [1.54, 1.807) is 18.3 Å². The summed E-state index contributed by atoms with van der Waals surface area (Å²) in [5, 5.41) is 22.5. The van der Waals surface area contributed by atoms with Gasteiger partial charge in [0.1, 0.15) is 12.8 Å². The third-order valence-corrected chi connectivity index (χ3v) is 3.60. The third-order valence-electron chi connectivity index (χ3n) is 3.14. The number of hydrogen-bond donors (Lipinski definition) is 3. The molecule has 0 fully saturated rings. The van der Waals surface area contributed by atoms with Gasteiger partial charge in [-0.25, -0.2) is 0 Å². The van der Waals surface area contributed by atoms with Crippen LogP contribution >= 0.6 is 24.1 Å². The van der Waals surface area contributed by atoms with Crippen molar-refractivity contribution in [2.24, 2.45) is 0 Å². The molecule has 8 heteroatoms. The zero-order valence-corrected chi connectivity index (χ0v) is 12.1. The number of ether oxygens (including phenoxy) is 1. The van der Waals surface area contributed by atoms with E-state index in [9.17, 15) is 10.2 Å². The molecule has 3 rings (SSSR count). The van der Waals surface area contributed by atoms with Gasteiger partial charge in [0.25, 0.3) is 0 Å². The van der Waals surface area contributed by atoms with Gasteiger partial charge in [-0.1, -0.05) is 0 Å². The number of hydrogen-bond acceptors (Lipinski definition) is 7. The molecular formula is C12H14ClN3O3S. The summed E-state index contributed by atoms with van der Waals surface area (Å²) in [6.07, 6.45) is 2.39. The van der Waals surface area contributed by atoms with Crippen LogP contribution in [0.5, 0.6) is 17.4 Å². The van der Waals surface area contributed by atoms with Crippen LogP contribution in [0.2, 0.25) is 0 Å². The van der Waals surface area contributed by atoms with Crippen molar-refractivity contribution in [1.82, 2.24) is 14.1 Å². The first kappa shape index (κ1) is 14.8. The molecular weight excluding hydrogens is 302 g/mol. The van der Waals surface area contributed by atoms with Crippen molar-refractivity contribution in [2.75, 3.05) is 13.2 Å². The van der Waals surface area contributed by atoms with E-state index in [0.29, 0.717) is 12.5 Å². The lowest BCUT2D eigenvalue weighted by Gasteiger charge is -2.27. The Balaban J connectivity index is 0.00000147. The van der Waals surface area contributed by atoms with Crippen LogP contribution in [0.4, 0.5) is 0 Å². The predicted molar refractivity (Wildman–Crippen MR) is 76.9 cm³/mol. The van der Waals surface area contributed by atoms with Crippen molar-refractivity contribution in [3.8, 4) is 17.4 Å². The molecule has 2 heterocycles. The summed E-state index contributed by atoms with van der Waals surface area (Å²) in [5.41, 5.74) is 1.98. The number of nitrogens with one attached hydrogen (secondary N) is 1. The van der Waals surface area contributed by atoms with Gasteiger partial charge in [0.05, 0.1) is 17.8 Å². The second-order valence-corrected chi connectivity index (χ2v) is 4.91. The molecule has 0 saturated heterocycles. The second-order valence-electron chi connectivity index (χ2n) is 4.35. The molecule has 3 N–H and O–H groups in total. The van der Waals surface area contributed by atoms with E-state index in [2.05, 4.69) is 14.1 Å². The molecule has 1 aromatic heterocycles. The van der Waals surface area contributed by atoms with Crippen LogP contribution in [0.1, 0.15) is 17.2 Å². The molecule has 0 spiro atoms. The van der Waals surface area contributed by atoms with E-state index in [-0.39, 0.29) is 29.9 Å². The van der Waals surface area contributed by atoms with Crippen molar-refractivity contribution in [3.05, 3.63) is 29.5 Å². The standard InChI is InChI=1S/C12H13N3O3S.ClH/c16-10-3-7-1-2-13-9(8(7)4-11(10)17)6-18-12-5-14-19-15-12;/h3-5,9,13,16-17H,1-2,6H2;1H. The molecule has 1 aromatic carbocycles. The van der Waals surface area contributed by atoms with Gasteiger partial charge in [0.2, 0.25) is 5.88 Å². The highest BCUT2D eigenvalue weighted by atomic mass is 35.5. The minimum Gasteiger partial charge on any atom is -0.504 e. The van der Waals surface area contributed by atoms with Gasteiger partial charge >= 0.3 is 0 Å². The van der Waals surface area contributed by atoms with Crippen molar-refractivity contribution >= 4 is 24.1 Å². The van der Waals surface area contributed by atoms with E-state index >= 15 is 0 Å². The fourth-order valence-electron chi connectivity index (χ4n) is 2.21. The monoisotopic (exact) mass is 315 g/mol. The van der Waals surface area contributed by atoms with Gasteiger partial charge in [-0.15, -0.1) is 16.8 Å². The molecule has 6 nitrogen and oxygen atoms in total. The van der Waals surface area contributed by atoms with E-state index in [1.165, 1.54) is 0 Å². The van der Waals surface area contributed by atoms with Crippen LogP contribution < -0.4 is 10.1 Å². The fourth-order valence-corrected chi connectivity index (χ4v) is 2.57. The minimum atomic E-state index is -0.109. The van der Waals surface area contributed by atoms with E-state index in [0.717, 1.165) is 35.8 Å². The molecule has 108 valence electrons. The first-order chi connectivity index (χ1) is 9.24. The highest BCUT2D eigenvalue weighted by molar-refractivity contribution is 6.99. The van der Waals surface area contributed by atoms with E-state index in [1.807, 2.05) is 0 Å². The Morgan fingerprint density at radius 1 is 1.35 bits per heavy atom. The summed E-state index contributed by atoms with van der Waals surface area (Å²) in [5.74, 6) is 0.314. The maximum atomic E-state index is 9.61. The van der Waals surface area contributed by atoms with Gasteiger partial charge in [0.15, 0.2) is 11.5 Å². The molecule has 0 aliphatic carbocycles. The minimum absolute atomic E-state index is 0. The molecule has 0 amide bonds. The van der Waals surface area contributed by atoms with Crippen molar-refractivity contribution in [2.45, 2.75) is 12.5 Å². The number of rotatable bonds is 3. The summed E-state index contributed by atoms with van der Waals surface area (Å²) in [6.45, 7) is 1.21. The number of aromatic nitrogens is 2. The number of phenolic OH excluding ortho intramolecular Hbond substituents is 2. The Kier molecular flexibility index (Phi) is 4.64. The Labute approximate surface area is 126 Å². The van der Waals surface area contributed by atoms with Crippen LogP contribution in [-0.2, 0) is 6.42 Å². The first-order valence-electron chi connectivity index (χ1n) is 5.92. The van der Waals surface area contributed by atoms with Crippen LogP contribution in [0.25, 0.3) is 0 Å². The molecule has 20 heavy (non-hydrogen) atoms. The van der Waals surface area contributed by atoms with Crippen LogP contribution in [0.3, 0.4) is 0 Å². The predicted octanol–water partition coefficient (Wildman–Crippen LogP) is 1.64. The van der Waals surface area contributed by atoms with Crippen molar-refractivity contribution in [3.63, 3.8) is 0 Å². The number of aromatic hydroxyl groups is 2. The lowest BCUT2D eigenvalue weighted by Crippen LogP contribution is -2.33. The first-order valence-corrected chi connectivity index (χ1v) is 6.65. The molecule has 1 aliphatic heterocycles. The molecule has 1 unspecified atom stereocenters. The normalized spacial score (nSPS) is 17.1. The van der Waals surface area contributed by atoms with Gasteiger partial charge < -0.3 is 20.3 Å². The Bertz CT molecular complexity index is 580. The quantitative estimate of drug-likeness (QED) is 0.746. The lowest BCUT2D eigenvalue weighted by atomic mass is 9.94. The average molecular weight is 316 g/mol. The maximum absolute atomic E-state index is 9.61. The Morgan fingerprint density at radius 3 is 2.90 bits per heavy atom. The average Bonchev–Trinajstić information content (AvgIpc) is 2.91. The number of fused-ring (bicyclic) bond motifs is 1. The van der Waals surface area contributed by atoms with E-state index < -0.39 is 0 Å². The van der Waals surface area contributed by atoms with Gasteiger partial charge in [-0.2, -0.15) is 4.37 Å². The summed E-state index contributed by atoms with van der Waals surface area (Å²) in [4.78, 5) is 0. The van der Waals surface area contributed by atoms with Gasteiger partial charge in [0, 0.05) is 0 Å². The van der Waals surface area contributed by atoms with E-state index in [4.69, 9.17) is 4.74 Å². The molecule has 0 radical (unpaired) electrons. The van der Waals surface area contributed by atoms with Crippen LogP contribution in [0, 0.1) is 0 Å². The Morgan fingerprint density at radius 2 is 2.15 bits per heavy atom. The second kappa shape index (κ2) is 6.25. The topological polar surface area (TPSA) is 87.5 Å². The third kappa shape index (κ3) is 2.95. The van der Waals surface area contributed by atoms with Crippen molar-refractivity contribution in [1.29, 1.82) is 0 Å². The highest BCUT2D eigenvalue weighted by Gasteiger charge is 2.22. The summed E-state index contributed by atoms with van der Waals surface area (Å²) >= 11 is 1.10. The summed E-state index contributed by atoms with van der Waals surface area (Å²) in [6, 6.07) is 3.17. The molecule has 2 aromatic rings. The number of nitrogens with zero attached hydrogens (tertiary/aromatic N) is 2. The maximum Gasteiger partial charge on any atom is 0.245 e. The highest BCUT2D eigenvalue weighted by Crippen LogP contribution is 2.33.